The lowest BCUT2D eigenvalue weighted by Gasteiger charge is -2.00. The highest BCUT2D eigenvalue weighted by atomic mass is 16.2. The molecule has 0 aliphatic heterocycles. The molecule has 1 rings (SSSR count). The van der Waals surface area contributed by atoms with Gasteiger partial charge >= 0.3 is 0 Å². The molecule has 0 saturated carbocycles. The largest absolute Gasteiger partial charge is 0.392 e. The lowest BCUT2D eigenvalue weighted by Crippen LogP contribution is -2.00. The standard InChI is InChI=1S/C9H14N2O/c1-2-7-11-9(4-3-8-12)5-6-10-11/h3-6,12H,2,7-8H2,1H3/b4-3+. The summed E-state index contributed by atoms with van der Waals surface area (Å²) in [4.78, 5) is 0. The SMILES string of the molecule is CCCn1nccc1/C=C/CO. The Morgan fingerprint density at radius 1 is 1.67 bits per heavy atom. The van der Waals surface area contributed by atoms with Crippen LogP contribution in [0.15, 0.2) is 18.3 Å². The molecule has 12 heavy (non-hydrogen) atoms. The molecule has 1 aromatic heterocycles. The van der Waals surface area contributed by atoms with Gasteiger partial charge in [0, 0.05) is 12.7 Å². The van der Waals surface area contributed by atoms with Crippen molar-refractivity contribution in [3.05, 3.63) is 24.0 Å². The van der Waals surface area contributed by atoms with Gasteiger partial charge in [0.15, 0.2) is 0 Å². The van der Waals surface area contributed by atoms with Crippen LogP contribution in [0.5, 0.6) is 0 Å². The number of hydrogen-bond donors (Lipinski definition) is 1. The molecule has 0 saturated heterocycles. The van der Waals surface area contributed by atoms with E-state index in [9.17, 15) is 0 Å². The molecule has 0 atom stereocenters. The molecule has 1 aromatic rings. The van der Waals surface area contributed by atoms with Gasteiger partial charge in [-0.3, -0.25) is 4.68 Å². The summed E-state index contributed by atoms with van der Waals surface area (Å²) in [5.41, 5.74) is 1.05. The molecule has 0 aliphatic rings. The van der Waals surface area contributed by atoms with Crippen LogP contribution in [0.2, 0.25) is 0 Å². The maximum absolute atomic E-state index is 8.57. The van der Waals surface area contributed by atoms with Crippen LogP contribution in [0, 0.1) is 0 Å². The number of hydrogen-bond acceptors (Lipinski definition) is 2. The fourth-order valence-electron chi connectivity index (χ4n) is 1.06. The smallest absolute Gasteiger partial charge is 0.0616 e. The zero-order chi connectivity index (χ0) is 8.81. The third-order valence-electron chi connectivity index (χ3n) is 1.58. The lowest BCUT2D eigenvalue weighted by atomic mass is 10.3. The summed E-state index contributed by atoms with van der Waals surface area (Å²) in [5.74, 6) is 0. The minimum atomic E-state index is 0.0807. The summed E-state index contributed by atoms with van der Waals surface area (Å²) >= 11 is 0. The second-order valence-electron chi connectivity index (χ2n) is 2.56. The van der Waals surface area contributed by atoms with Gasteiger partial charge in [0.25, 0.3) is 0 Å². The topological polar surface area (TPSA) is 38.0 Å². The van der Waals surface area contributed by atoms with E-state index in [1.165, 1.54) is 0 Å². The first kappa shape index (κ1) is 9.00. The minimum absolute atomic E-state index is 0.0807. The Hall–Kier alpha value is -1.09. The normalized spacial score (nSPS) is 11.2. The van der Waals surface area contributed by atoms with Crippen LogP contribution in [0.25, 0.3) is 6.08 Å². The van der Waals surface area contributed by atoms with E-state index in [0.717, 1.165) is 18.7 Å². The van der Waals surface area contributed by atoms with Gasteiger partial charge in [-0.05, 0) is 18.6 Å². The Bertz CT molecular complexity index is 253. The molecule has 0 aromatic carbocycles. The summed E-state index contributed by atoms with van der Waals surface area (Å²) in [5, 5.41) is 12.7. The van der Waals surface area contributed by atoms with Gasteiger partial charge < -0.3 is 5.11 Å². The fourth-order valence-corrected chi connectivity index (χ4v) is 1.06. The van der Waals surface area contributed by atoms with Gasteiger partial charge in [0.2, 0.25) is 0 Å². The van der Waals surface area contributed by atoms with Crippen molar-refractivity contribution < 1.29 is 5.11 Å². The number of aromatic nitrogens is 2. The van der Waals surface area contributed by atoms with Crippen LogP contribution in [-0.2, 0) is 6.54 Å². The number of nitrogens with zero attached hydrogens (tertiary/aromatic N) is 2. The first-order chi connectivity index (χ1) is 5.88. The second-order valence-corrected chi connectivity index (χ2v) is 2.56. The zero-order valence-corrected chi connectivity index (χ0v) is 7.27. The molecular weight excluding hydrogens is 152 g/mol. The number of aliphatic hydroxyl groups is 1. The summed E-state index contributed by atoms with van der Waals surface area (Å²) in [7, 11) is 0. The van der Waals surface area contributed by atoms with Crippen molar-refractivity contribution in [2.24, 2.45) is 0 Å². The molecular formula is C9H14N2O. The fraction of sp³-hybridized carbons (Fsp3) is 0.444. The van der Waals surface area contributed by atoms with Gasteiger partial charge in [-0.1, -0.05) is 13.0 Å². The van der Waals surface area contributed by atoms with Crippen molar-refractivity contribution in [2.75, 3.05) is 6.61 Å². The van der Waals surface area contributed by atoms with Gasteiger partial charge in [-0.2, -0.15) is 5.10 Å². The third-order valence-corrected chi connectivity index (χ3v) is 1.58. The van der Waals surface area contributed by atoms with Crippen LogP contribution < -0.4 is 0 Å². The van der Waals surface area contributed by atoms with Crippen molar-refractivity contribution in [1.82, 2.24) is 9.78 Å². The molecule has 1 N–H and O–H groups in total. The zero-order valence-electron chi connectivity index (χ0n) is 7.27. The highest BCUT2D eigenvalue weighted by Gasteiger charge is 1.95. The van der Waals surface area contributed by atoms with Crippen LogP contribution in [0.4, 0.5) is 0 Å². The van der Waals surface area contributed by atoms with Crippen molar-refractivity contribution in [1.29, 1.82) is 0 Å². The molecule has 3 heteroatoms. The Morgan fingerprint density at radius 3 is 3.17 bits per heavy atom. The van der Waals surface area contributed by atoms with E-state index in [1.54, 1.807) is 12.3 Å². The molecule has 0 unspecified atom stereocenters. The Labute approximate surface area is 72.3 Å². The van der Waals surface area contributed by atoms with Crippen molar-refractivity contribution in [2.45, 2.75) is 19.9 Å². The predicted molar refractivity (Wildman–Crippen MR) is 48.6 cm³/mol. The molecule has 0 aliphatic carbocycles. The molecule has 1 heterocycles. The summed E-state index contributed by atoms with van der Waals surface area (Å²) in [6.07, 6.45) is 6.43. The Balaban J connectivity index is 2.69. The van der Waals surface area contributed by atoms with Crippen molar-refractivity contribution in [3.63, 3.8) is 0 Å². The van der Waals surface area contributed by atoms with E-state index in [1.807, 2.05) is 16.8 Å². The molecule has 0 fully saturated rings. The molecule has 66 valence electrons. The van der Waals surface area contributed by atoms with E-state index >= 15 is 0 Å². The number of aryl methyl sites for hydroxylation is 1. The summed E-state index contributed by atoms with van der Waals surface area (Å²) in [6.45, 7) is 3.12. The average Bonchev–Trinajstić information content (AvgIpc) is 2.50. The highest BCUT2D eigenvalue weighted by molar-refractivity contribution is 5.44. The van der Waals surface area contributed by atoms with Crippen molar-refractivity contribution >= 4 is 6.08 Å². The van der Waals surface area contributed by atoms with Gasteiger partial charge in [-0.25, -0.2) is 0 Å². The maximum atomic E-state index is 8.57. The van der Waals surface area contributed by atoms with Gasteiger partial charge in [-0.15, -0.1) is 0 Å². The van der Waals surface area contributed by atoms with E-state index < -0.39 is 0 Å². The van der Waals surface area contributed by atoms with E-state index in [0.29, 0.717) is 0 Å². The van der Waals surface area contributed by atoms with Crippen LogP contribution >= 0.6 is 0 Å². The van der Waals surface area contributed by atoms with Crippen LogP contribution in [-0.4, -0.2) is 21.5 Å². The van der Waals surface area contributed by atoms with Crippen LogP contribution in [0.1, 0.15) is 19.0 Å². The monoisotopic (exact) mass is 166 g/mol. The highest BCUT2D eigenvalue weighted by Crippen LogP contribution is 2.02. The second kappa shape index (κ2) is 4.72. The van der Waals surface area contributed by atoms with E-state index in [4.69, 9.17) is 5.11 Å². The third kappa shape index (κ3) is 2.20. The van der Waals surface area contributed by atoms with E-state index in [-0.39, 0.29) is 6.61 Å². The van der Waals surface area contributed by atoms with Gasteiger partial charge in [0.05, 0.1) is 12.3 Å². The lowest BCUT2D eigenvalue weighted by molar-refractivity contribution is 0.343. The number of rotatable bonds is 4. The Morgan fingerprint density at radius 2 is 2.50 bits per heavy atom. The Kier molecular flexibility index (Phi) is 3.54. The summed E-state index contributed by atoms with van der Waals surface area (Å²) in [6, 6.07) is 1.93. The van der Waals surface area contributed by atoms with E-state index in [2.05, 4.69) is 12.0 Å². The molecule has 3 nitrogen and oxygen atoms in total. The number of aliphatic hydroxyl groups excluding tert-OH is 1. The maximum Gasteiger partial charge on any atom is 0.0616 e. The summed E-state index contributed by atoms with van der Waals surface area (Å²) < 4.78 is 1.92. The molecule has 0 bridgehead atoms. The molecule has 0 radical (unpaired) electrons. The van der Waals surface area contributed by atoms with Crippen LogP contribution in [0.3, 0.4) is 0 Å². The molecule has 0 amide bonds. The first-order valence-corrected chi connectivity index (χ1v) is 4.17. The average molecular weight is 166 g/mol. The quantitative estimate of drug-likeness (QED) is 0.732. The minimum Gasteiger partial charge on any atom is -0.392 e. The predicted octanol–water partition coefficient (Wildman–Crippen LogP) is 1.30. The van der Waals surface area contributed by atoms with Gasteiger partial charge in [0.1, 0.15) is 0 Å². The first-order valence-electron chi connectivity index (χ1n) is 4.17. The molecule has 0 spiro atoms. The van der Waals surface area contributed by atoms with Crippen molar-refractivity contribution in [3.8, 4) is 0 Å².